The van der Waals surface area contributed by atoms with Gasteiger partial charge in [0.1, 0.15) is 0 Å². The molecule has 0 aromatic rings. The molecule has 16 heavy (non-hydrogen) atoms. The minimum absolute atomic E-state index is 0.215. The molecule has 4 N–H and O–H groups in total. The monoisotopic (exact) mass is 230 g/mol. The second-order valence-corrected chi connectivity index (χ2v) is 4.68. The Balaban J connectivity index is 4.30. The lowest BCUT2D eigenvalue weighted by Crippen LogP contribution is -2.50. The topological polar surface area (TPSA) is 71.7 Å². The molecule has 0 aliphatic carbocycles. The van der Waals surface area contributed by atoms with Crippen molar-refractivity contribution < 1.29 is 4.74 Å². The number of methoxy groups -OCH3 is 1. The second-order valence-electron chi connectivity index (χ2n) is 4.68. The van der Waals surface area contributed by atoms with Gasteiger partial charge in [-0.3, -0.25) is 10.4 Å². The Kier molecular flexibility index (Phi) is 7.93. The summed E-state index contributed by atoms with van der Waals surface area (Å²) in [5.74, 6) is 7.02. The fourth-order valence-electron chi connectivity index (χ4n) is 1.16. The lowest BCUT2D eigenvalue weighted by Gasteiger charge is -2.23. The van der Waals surface area contributed by atoms with Gasteiger partial charge in [0.2, 0.25) is 5.96 Å². The Labute approximate surface area is 98.8 Å². The van der Waals surface area contributed by atoms with Gasteiger partial charge in [0.05, 0.1) is 12.6 Å². The average Bonchev–Trinajstić information content (AvgIpc) is 2.22. The van der Waals surface area contributed by atoms with Crippen LogP contribution in [-0.4, -0.2) is 32.3 Å². The molecule has 5 nitrogen and oxygen atoms in total. The minimum Gasteiger partial charge on any atom is -0.383 e. The number of rotatable bonds is 6. The standard InChI is InChI=1S/C11H26N4O/c1-8(2)6-13-11(15-12)14-10(7-16-5)9(3)4/h8-10H,6-7,12H2,1-5H3,(H2,13,14,15). The van der Waals surface area contributed by atoms with Crippen molar-refractivity contribution in [1.82, 2.24) is 10.7 Å². The molecule has 0 fully saturated rings. The first-order valence-electron chi connectivity index (χ1n) is 5.77. The van der Waals surface area contributed by atoms with E-state index in [1.165, 1.54) is 0 Å². The van der Waals surface area contributed by atoms with Crippen molar-refractivity contribution in [3.8, 4) is 0 Å². The van der Waals surface area contributed by atoms with E-state index in [1.54, 1.807) is 7.11 Å². The summed E-state index contributed by atoms with van der Waals surface area (Å²) in [5, 5.41) is 3.25. The average molecular weight is 230 g/mol. The van der Waals surface area contributed by atoms with Gasteiger partial charge < -0.3 is 10.1 Å². The molecule has 0 radical (unpaired) electrons. The van der Waals surface area contributed by atoms with E-state index < -0.39 is 0 Å². The van der Waals surface area contributed by atoms with Crippen LogP contribution in [0.2, 0.25) is 0 Å². The third-order valence-corrected chi connectivity index (χ3v) is 2.22. The maximum atomic E-state index is 5.42. The third kappa shape index (κ3) is 6.63. The summed E-state index contributed by atoms with van der Waals surface area (Å²) in [4.78, 5) is 4.36. The van der Waals surface area contributed by atoms with Gasteiger partial charge in [0.15, 0.2) is 0 Å². The molecule has 1 atom stereocenters. The zero-order valence-electron chi connectivity index (χ0n) is 11.1. The van der Waals surface area contributed by atoms with Gasteiger partial charge in [-0.15, -0.1) is 0 Å². The first kappa shape index (κ1) is 15.2. The first-order chi connectivity index (χ1) is 7.51. The number of nitrogens with two attached hydrogens (primary N) is 1. The van der Waals surface area contributed by atoms with Crippen LogP contribution in [0.3, 0.4) is 0 Å². The highest BCUT2D eigenvalue weighted by molar-refractivity contribution is 5.79. The van der Waals surface area contributed by atoms with Crippen molar-refractivity contribution in [2.75, 3.05) is 20.3 Å². The number of ether oxygens (including phenoxy) is 1. The molecule has 0 saturated carbocycles. The van der Waals surface area contributed by atoms with Crippen molar-refractivity contribution >= 4 is 5.96 Å². The Bertz CT molecular complexity index is 204. The number of guanidine groups is 1. The van der Waals surface area contributed by atoms with Crippen LogP contribution in [0.1, 0.15) is 27.7 Å². The van der Waals surface area contributed by atoms with Gasteiger partial charge >= 0.3 is 0 Å². The number of aliphatic imine (C=N–C) groups is 1. The van der Waals surface area contributed by atoms with Crippen molar-refractivity contribution in [2.45, 2.75) is 33.7 Å². The molecule has 0 aromatic carbocycles. The number of nitrogens with one attached hydrogen (secondary N) is 2. The molecule has 5 heteroatoms. The molecule has 1 unspecified atom stereocenters. The smallest absolute Gasteiger partial charge is 0.206 e. The van der Waals surface area contributed by atoms with Crippen LogP contribution in [-0.2, 0) is 4.74 Å². The SMILES string of the molecule is COCC(NC(=NCC(C)C)NN)C(C)C. The Hall–Kier alpha value is -0.810. The van der Waals surface area contributed by atoms with E-state index in [0.29, 0.717) is 24.4 Å². The quantitative estimate of drug-likeness (QED) is 0.272. The molecule has 0 bridgehead atoms. The van der Waals surface area contributed by atoms with Crippen molar-refractivity contribution in [3.63, 3.8) is 0 Å². The molecule has 0 aliphatic heterocycles. The van der Waals surface area contributed by atoms with Gasteiger partial charge in [-0.2, -0.15) is 0 Å². The van der Waals surface area contributed by atoms with Crippen molar-refractivity contribution in [1.29, 1.82) is 0 Å². The van der Waals surface area contributed by atoms with Crippen molar-refractivity contribution in [3.05, 3.63) is 0 Å². The minimum atomic E-state index is 0.215. The normalized spacial score (nSPS) is 14.4. The highest BCUT2D eigenvalue weighted by Crippen LogP contribution is 2.01. The Morgan fingerprint density at radius 1 is 1.31 bits per heavy atom. The molecule has 0 amide bonds. The van der Waals surface area contributed by atoms with Gasteiger partial charge in [0, 0.05) is 13.7 Å². The number of hydrazine groups is 1. The van der Waals surface area contributed by atoms with E-state index >= 15 is 0 Å². The molecule has 96 valence electrons. The van der Waals surface area contributed by atoms with E-state index in [9.17, 15) is 0 Å². The molecule has 0 saturated heterocycles. The lowest BCUT2D eigenvalue weighted by atomic mass is 10.1. The van der Waals surface area contributed by atoms with E-state index in [0.717, 1.165) is 6.54 Å². The predicted molar refractivity (Wildman–Crippen MR) is 68.1 cm³/mol. The number of hydrogen-bond acceptors (Lipinski definition) is 3. The fourth-order valence-corrected chi connectivity index (χ4v) is 1.16. The summed E-state index contributed by atoms with van der Waals surface area (Å²) >= 11 is 0. The molecule has 0 aromatic heterocycles. The maximum Gasteiger partial charge on any atom is 0.206 e. The van der Waals surface area contributed by atoms with Crippen LogP contribution >= 0.6 is 0 Å². The largest absolute Gasteiger partial charge is 0.383 e. The summed E-state index contributed by atoms with van der Waals surface area (Å²) in [6.45, 7) is 9.89. The maximum absolute atomic E-state index is 5.42. The van der Waals surface area contributed by atoms with Gasteiger partial charge in [-0.05, 0) is 11.8 Å². The Morgan fingerprint density at radius 3 is 2.31 bits per heavy atom. The number of hydrogen-bond donors (Lipinski definition) is 3. The summed E-state index contributed by atoms with van der Waals surface area (Å²) in [5.41, 5.74) is 2.58. The van der Waals surface area contributed by atoms with Crippen LogP contribution in [0, 0.1) is 11.8 Å². The third-order valence-electron chi connectivity index (χ3n) is 2.22. The predicted octanol–water partition coefficient (Wildman–Crippen LogP) is 0.722. The second kappa shape index (κ2) is 8.35. The summed E-state index contributed by atoms with van der Waals surface area (Å²) in [7, 11) is 1.69. The van der Waals surface area contributed by atoms with E-state index in [4.69, 9.17) is 10.6 Å². The summed E-state index contributed by atoms with van der Waals surface area (Å²) < 4.78 is 5.15. The van der Waals surface area contributed by atoms with Gasteiger partial charge in [-0.25, -0.2) is 5.84 Å². The van der Waals surface area contributed by atoms with Gasteiger partial charge in [-0.1, -0.05) is 27.7 Å². The highest BCUT2D eigenvalue weighted by atomic mass is 16.5. The molecule has 0 heterocycles. The van der Waals surface area contributed by atoms with E-state index in [1.807, 2.05) is 0 Å². The van der Waals surface area contributed by atoms with E-state index in [2.05, 4.69) is 43.4 Å². The summed E-state index contributed by atoms with van der Waals surface area (Å²) in [6, 6.07) is 0.215. The van der Waals surface area contributed by atoms with Crippen LogP contribution < -0.4 is 16.6 Å². The Morgan fingerprint density at radius 2 is 1.94 bits per heavy atom. The van der Waals surface area contributed by atoms with Gasteiger partial charge in [0.25, 0.3) is 0 Å². The molecular formula is C11H26N4O. The summed E-state index contributed by atoms with van der Waals surface area (Å²) in [6.07, 6.45) is 0. The number of nitrogens with zero attached hydrogens (tertiary/aromatic N) is 1. The zero-order chi connectivity index (χ0) is 12.6. The fraction of sp³-hybridized carbons (Fsp3) is 0.909. The van der Waals surface area contributed by atoms with E-state index in [-0.39, 0.29) is 6.04 Å². The first-order valence-corrected chi connectivity index (χ1v) is 5.77. The van der Waals surface area contributed by atoms with Crippen LogP contribution in [0.25, 0.3) is 0 Å². The molecule has 0 rings (SSSR count). The van der Waals surface area contributed by atoms with Crippen LogP contribution in [0.15, 0.2) is 4.99 Å². The van der Waals surface area contributed by atoms with Crippen LogP contribution in [0.4, 0.5) is 0 Å². The molecule has 0 aliphatic rings. The molecule has 0 spiro atoms. The zero-order valence-corrected chi connectivity index (χ0v) is 11.1. The lowest BCUT2D eigenvalue weighted by molar-refractivity contribution is 0.155. The van der Waals surface area contributed by atoms with Crippen molar-refractivity contribution in [2.24, 2.45) is 22.7 Å². The van der Waals surface area contributed by atoms with Crippen LogP contribution in [0.5, 0.6) is 0 Å². The highest BCUT2D eigenvalue weighted by Gasteiger charge is 2.14. The molecular weight excluding hydrogens is 204 g/mol.